The molecule has 0 spiro atoms. The Morgan fingerprint density at radius 2 is 1.11 bits per heavy atom. The topological polar surface area (TPSA) is 243 Å². The fourth-order valence-electron chi connectivity index (χ4n) is 0.710. The van der Waals surface area contributed by atoms with Gasteiger partial charge in [-0.25, -0.2) is 0 Å². The maximum atomic E-state index is 10.5. The van der Waals surface area contributed by atoms with Crippen molar-refractivity contribution in [2.45, 2.75) is 11.8 Å². The van der Waals surface area contributed by atoms with E-state index in [0.717, 1.165) is 5.56 Å². The molecule has 0 fully saturated rings. The number of benzene rings is 1. The van der Waals surface area contributed by atoms with Gasteiger partial charge in [0.2, 0.25) is 0 Å². The Morgan fingerprint density at radius 3 is 1.33 bits per heavy atom. The van der Waals surface area contributed by atoms with Crippen LogP contribution in [0.5, 0.6) is 0 Å². The molecule has 1 aromatic carbocycles. The molecule has 0 radical (unpaired) electrons. The summed E-state index contributed by atoms with van der Waals surface area (Å²) in [5.41, 5.74) is 0.956. The average molecular weight is 339 g/mol. The summed E-state index contributed by atoms with van der Waals surface area (Å²) in [5, 5.41) is 0. The predicted molar refractivity (Wildman–Crippen MR) is 62.7 cm³/mol. The normalized spacial score (nSPS) is 7.00. The van der Waals surface area contributed by atoms with Crippen molar-refractivity contribution in [1.29, 1.82) is 0 Å². The van der Waals surface area contributed by atoms with Crippen LogP contribution in [0, 0.1) is 6.92 Å². The Balaban J connectivity index is -0.0000000346. The van der Waals surface area contributed by atoms with E-state index in [-0.39, 0.29) is 54.2 Å². The van der Waals surface area contributed by atoms with E-state index in [1.54, 1.807) is 12.1 Å². The maximum Gasteiger partial charge on any atom is 0.294 e. The van der Waals surface area contributed by atoms with Crippen LogP contribution in [0.2, 0.25) is 0 Å². The summed E-state index contributed by atoms with van der Waals surface area (Å²) in [7, 11) is -4.02. The molecule has 118 valence electrons. The summed E-state index contributed by atoms with van der Waals surface area (Å²) >= 11 is 0. The molecule has 0 aliphatic heterocycles. The van der Waals surface area contributed by atoms with Gasteiger partial charge in [-0.1, -0.05) is 17.7 Å². The molecule has 1 rings (SSSR count). The van der Waals surface area contributed by atoms with E-state index in [4.69, 9.17) is 4.55 Å². The molecular weight excluding hydrogens is 319 g/mol. The minimum absolute atomic E-state index is 0. The van der Waals surface area contributed by atoms with Gasteiger partial charge in [0, 0.05) is 16.5 Å². The first-order chi connectivity index (χ1) is 5.00. The monoisotopic (exact) mass is 338 g/mol. The molecular formula is C7H20NiO9S. The van der Waals surface area contributed by atoms with Gasteiger partial charge in [-0.05, 0) is 19.1 Å². The van der Waals surface area contributed by atoms with Gasteiger partial charge >= 0.3 is 0 Å². The average Bonchev–Trinajstić information content (AvgIpc) is 1.86. The Hall–Kier alpha value is -0.616. The van der Waals surface area contributed by atoms with Crippen molar-refractivity contribution in [3.05, 3.63) is 29.8 Å². The molecule has 0 saturated carbocycles. The fourth-order valence-corrected chi connectivity index (χ4v) is 1.19. The van der Waals surface area contributed by atoms with Crippen LogP contribution >= 0.6 is 0 Å². The Labute approximate surface area is 114 Å². The first-order valence-corrected chi connectivity index (χ1v) is 4.48. The summed E-state index contributed by atoms with van der Waals surface area (Å²) in [6, 6.07) is 5.99. The van der Waals surface area contributed by atoms with Crippen LogP contribution in [-0.4, -0.2) is 45.8 Å². The molecule has 0 aliphatic rings. The number of hydrogen-bond donors (Lipinski definition) is 1. The Kier molecular flexibility index (Phi) is 39.4. The minimum atomic E-state index is -4.02. The van der Waals surface area contributed by atoms with Gasteiger partial charge in [0.05, 0.1) is 4.90 Å². The van der Waals surface area contributed by atoms with Gasteiger partial charge in [-0.3, -0.25) is 4.55 Å². The quantitative estimate of drug-likeness (QED) is 0.401. The summed E-state index contributed by atoms with van der Waals surface area (Å²) in [4.78, 5) is -0.0666. The standard InChI is InChI=1S/C7H8O3S.Ni.6H2O/c1-6-2-4-7(5-3-6)11(8,9)10;;;;;;;/h2-5H,1H3,(H,8,9,10);;6*1H2. The molecule has 9 nitrogen and oxygen atoms in total. The third-order valence-corrected chi connectivity index (χ3v) is 2.19. The SMILES string of the molecule is Cc1ccc(S(=O)(=O)O)cc1.O.O.O.O.O.O.[Ni]. The molecule has 0 saturated heterocycles. The van der Waals surface area contributed by atoms with Gasteiger partial charge in [0.15, 0.2) is 0 Å². The van der Waals surface area contributed by atoms with E-state index in [9.17, 15) is 8.42 Å². The zero-order valence-corrected chi connectivity index (χ0v) is 11.1. The summed E-state index contributed by atoms with van der Waals surface area (Å²) < 4.78 is 29.6. The molecule has 13 N–H and O–H groups in total. The van der Waals surface area contributed by atoms with E-state index in [0.29, 0.717) is 0 Å². The Bertz CT molecular complexity index is 350. The molecule has 11 heteroatoms. The molecule has 0 heterocycles. The van der Waals surface area contributed by atoms with Crippen molar-refractivity contribution in [2.75, 3.05) is 0 Å². The molecule has 18 heavy (non-hydrogen) atoms. The van der Waals surface area contributed by atoms with Crippen molar-refractivity contribution in [3.8, 4) is 0 Å². The zero-order chi connectivity index (χ0) is 8.48. The smallest absolute Gasteiger partial charge is 0.294 e. The number of hydrogen-bond acceptors (Lipinski definition) is 2. The minimum Gasteiger partial charge on any atom is -0.412 e. The van der Waals surface area contributed by atoms with Gasteiger partial charge in [-0.15, -0.1) is 0 Å². The van der Waals surface area contributed by atoms with Crippen LogP contribution < -0.4 is 0 Å². The fraction of sp³-hybridized carbons (Fsp3) is 0.143. The number of aryl methyl sites for hydroxylation is 1. The molecule has 0 aromatic heterocycles. The summed E-state index contributed by atoms with van der Waals surface area (Å²) in [5.74, 6) is 0. The predicted octanol–water partition coefficient (Wildman–Crippen LogP) is -3.71. The Morgan fingerprint density at radius 1 is 0.833 bits per heavy atom. The molecule has 0 unspecified atom stereocenters. The van der Waals surface area contributed by atoms with Crippen LogP contribution in [-0.2, 0) is 26.6 Å². The molecule has 0 aliphatic carbocycles. The molecule has 1 aromatic rings. The van der Waals surface area contributed by atoms with E-state index in [1.807, 2.05) is 6.92 Å². The van der Waals surface area contributed by atoms with E-state index in [2.05, 4.69) is 0 Å². The van der Waals surface area contributed by atoms with Crippen LogP contribution in [0.3, 0.4) is 0 Å². The first-order valence-electron chi connectivity index (χ1n) is 3.04. The third kappa shape index (κ3) is 13.4. The van der Waals surface area contributed by atoms with Crippen LogP contribution in [0.25, 0.3) is 0 Å². The second-order valence-corrected chi connectivity index (χ2v) is 3.71. The van der Waals surface area contributed by atoms with Crippen molar-refractivity contribution in [2.24, 2.45) is 0 Å². The third-order valence-electron chi connectivity index (χ3n) is 1.32. The maximum absolute atomic E-state index is 10.5. The van der Waals surface area contributed by atoms with Crippen molar-refractivity contribution in [3.63, 3.8) is 0 Å². The molecule has 0 amide bonds. The zero-order valence-electron chi connectivity index (χ0n) is 9.30. The van der Waals surface area contributed by atoms with E-state index >= 15 is 0 Å². The van der Waals surface area contributed by atoms with Crippen LogP contribution in [0.1, 0.15) is 5.56 Å². The van der Waals surface area contributed by atoms with Gasteiger partial charge in [0.1, 0.15) is 0 Å². The van der Waals surface area contributed by atoms with Crippen LogP contribution in [0.4, 0.5) is 0 Å². The largest absolute Gasteiger partial charge is 0.412 e. The second kappa shape index (κ2) is 16.4. The van der Waals surface area contributed by atoms with E-state index in [1.165, 1.54) is 12.1 Å². The summed E-state index contributed by atoms with van der Waals surface area (Å²) in [6.07, 6.45) is 0. The van der Waals surface area contributed by atoms with Crippen LogP contribution in [0.15, 0.2) is 29.2 Å². The number of rotatable bonds is 1. The molecule has 0 bridgehead atoms. The first kappa shape index (κ1) is 43.3. The van der Waals surface area contributed by atoms with Gasteiger partial charge in [0.25, 0.3) is 10.1 Å². The second-order valence-electron chi connectivity index (χ2n) is 2.29. The summed E-state index contributed by atoms with van der Waals surface area (Å²) in [6.45, 7) is 1.84. The van der Waals surface area contributed by atoms with Crippen molar-refractivity contribution in [1.82, 2.24) is 0 Å². The van der Waals surface area contributed by atoms with Crippen molar-refractivity contribution >= 4 is 10.1 Å². The van der Waals surface area contributed by atoms with Crippen molar-refractivity contribution < 1.29 is 62.3 Å². The molecule has 0 atom stereocenters. The van der Waals surface area contributed by atoms with Gasteiger partial charge < -0.3 is 32.9 Å². The van der Waals surface area contributed by atoms with E-state index < -0.39 is 10.1 Å². The van der Waals surface area contributed by atoms with Gasteiger partial charge in [-0.2, -0.15) is 8.42 Å².